The van der Waals surface area contributed by atoms with Crippen molar-refractivity contribution in [2.24, 2.45) is 17.3 Å². The minimum absolute atomic E-state index is 0.513. The maximum absolute atomic E-state index is 5.34. The molecule has 1 aliphatic carbocycles. The predicted octanol–water partition coefficient (Wildman–Crippen LogP) is 3.15. The summed E-state index contributed by atoms with van der Waals surface area (Å²) in [6, 6.07) is 0.598. The minimum atomic E-state index is 0.513. The third kappa shape index (κ3) is 5.22. The van der Waals surface area contributed by atoms with Crippen LogP contribution >= 0.6 is 0 Å². The number of hydrogen-bond acceptors (Lipinski definition) is 3. The van der Waals surface area contributed by atoms with Gasteiger partial charge in [0.25, 0.3) is 0 Å². The molecule has 2 aliphatic rings. The van der Waals surface area contributed by atoms with E-state index < -0.39 is 0 Å². The van der Waals surface area contributed by atoms with Gasteiger partial charge in [0.2, 0.25) is 0 Å². The highest BCUT2D eigenvalue weighted by Gasteiger charge is 2.37. The first kappa shape index (κ1) is 17.2. The van der Waals surface area contributed by atoms with E-state index in [4.69, 9.17) is 4.74 Å². The molecule has 0 aromatic carbocycles. The van der Waals surface area contributed by atoms with Gasteiger partial charge in [-0.1, -0.05) is 33.6 Å². The van der Waals surface area contributed by atoms with Crippen LogP contribution < -0.4 is 5.32 Å². The number of methoxy groups -OCH3 is 1. The Morgan fingerprint density at radius 1 is 1.24 bits per heavy atom. The smallest absolute Gasteiger partial charge is 0.0503 e. The van der Waals surface area contributed by atoms with Gasteiger partial charge in [0.1, 0.15) is 0 Å². The first-order valence-electron chi connectivity index (χ1n) is 8.98. The number of rotatable bonds is 7. The van der Waals surface area contributed by atoms with Crippen LogP contribution in [0.5, 0.6) is 0 Å². The van der Waals surface area contributed by atoms with Crippen LogP contribution in [-0.4, -0.2) is 50.8 Å². The summed E-state index contributed by atoms with van der Waals surface area (Å²) in [5, 5.41) is 3.73. The van der Waals surface area contributed by atoms with E-state index in [2.05, 4.69) is 31.0 Å². The van der Waals surface area contributed by atoms with Crippen molar-refractivity contribution in [3.8, 4) is 0 Å². The van der Waals surface area contributed by atoms with Crippen LogP contribution in [0.2, 0.25) is 0 Å². The fourth-order valence-electron chi connectivity index (χ4n) is 4.09. The van der Waals surface area contributed by atoms with E-state index in [0.29, 0.717) is 11.5 Å². The molecule has 0 bridgehead atoms. The highest BCUT2D eigenvalue weighted by atomic mass is 16.5. The van der Waals surface area contributed by atoms with Gasteiger partial charge >= 0.3 is 0 Å². The summed E-state index contributed by atoms with van der Waals surface area (Å²) >= 11 is 0. The number of ether oxygens (including phenoxy) is 1. The molecule has 1 unspecified atom stereocenters. The summed E-state index contributed by atoms with van der Waals surface area (Å²) in [7, 11) is 1.83. The Morgan fingerprint density at radius 3 is 2.57 bits per heavy atom. The minimum Gasteiger partial charge on any atom is -0.384 e. The zero-order valence-electron chi connectivity index (χ0n) is 14.7. The Kier molecular flexibility index (Phi) is 6.51. The van der Waals surface area contributed by atoms with Gasteiger partial charge in [0, 0.05) is 32.8 Å². The maximum Gasteiger partial charge on any atom is 0.0503 e. The van der Waals surface area contributed by atoms with Gasteiger partial charge in [-0.25, -0.2) is 0 Å². The van der Waals surface area contributed by atoms with E-state index in [1.165, 1.54) is 58.3 Å². The summed E-state index contributed by atoms with van der Waals surface area (Å²) in [6.07, 6.45) is 6.95. The van der Waals surface area contributed by atoms with Crippen molar-refractivity contribution in [2.45, 2.75) is 58.9 Å². The largest absolute Gasteiger partial charge is 0.384 e. The lowest BCUT2D eigenvalue weighted by atomic mass is 9.70. The van der Waals surface area contributed by atoms with Crippen LogP contribution in [0, 0.1) is 17.3 Å². The monoisotopic (exact) mass is 296 g/mol. The standard InChI is InChI=1S/C18H36N2O/c1-15(2)19-13-18(8-5-16(3)6-9-18)14-20-10-7-17(11-20)12-21-4/h15-17,19H,5-14H2,1-4H3. The molecule has 1 atom stereocenters. The lowest BCUT2D eigenvalue weighted by Crippen LogP contribution is -2.47. The average Bonchev–Trinajstić information content (AvgIpc) is 2.87. The molecule has 1 aliphatic heterocycles. The molecule has 0 amide bonds. The Bertz CT molecular complexity index is 298. The number of nitrogens with zero attached hydrogens (tertiary/aromatic N) is 1. The molecule has 3 nitrogen and oxygen atoms in total. The third-order valence-corrected chi connectivity index (χ3v) is 5.55. The van der Waals surface area contributed by atoms with Gasteiger partial charge in [-0.3, -0.25) is 0 Å². The average molecular weight is 296 g/mol. The highest BCUT2D eigenvalue weighted by Crippen LogP contribution is 2.40. The molecule has 0 radical (unpaired) electrons. The van der Waals surface area contributed by atoms with Crippen molar-refractivity contribution in [3.05, 3.63) is 0 Å². The van der Waals surface area contributed by atoms with E-state index in [-0.39, 0.29) is 0 Å². The van der Waals surface area contributed by atoms with Crippen LogP contribution in [0.4, 0.5) is 0 Å². The van der Waals surface area contributed by atoms with E-state index >= 15 is 0 Å². The molecule has 0 aromatic heterocycles. The van der Waals surface area contributed by atoms with Crippen LogP contribution in [-0.2, 0) is 4.74 Å². The summed E-state index contributed by atoms with van der Waals surface area (Å²) in [6.45, 7) is 12.9. The van der Waals surface area contributed by atoms with Crippen LogP contribution in [0.15, 0.2) is 0 Å². The third-order valence-electron chi connectivity index (χ3n) is 5.55. The van der Waals surface area contributed by atoms with Crippen molar-refractivity contribution in [3.63, 3.8) is 0 Å². The van der Waals surface area contributed by atoms with Crippen LogP contribution in [0.25, 0.3) is 0 Å². The second-order valence-corrected chi connectivity index (χ2v) is 8.06. The Morgan fingerprint density at radius 2 is 1.95 bits per heavy atom. The van der Waals surface area contributed by atoms with Gasteiger partial charge < -0.3 is 15.0 Å². The lowest BCUT2D eigenvalue weighted by Gasteiger charge is -2.42. The molecular weight excluding hydrogens is 260 g/mol. The summed E-state index contributed by atoms with van der Waals surface area (Å²) in [5.41, 5.74) is 0.513. The molecule has 1 heterocycles. The number of likely N-dealkylation sites (tertiary alicyclic amines) is 1. The highest BCUT2D eigenvalue weighted by molar-refractivity contribution is 4.91. The number of hydrogen-bond donors (Lipinski definition) is 1. The lowest BCUT2D eigenvalue weighted by molar-refractivity contribution is 0.0895. The van der Waals surface area contributed by atoms with Crippen molar-refractivity contribution in [2.75, 3.05) is 39.9 Å². The van der Waals surface area contributed by atoms with Gasteiger partial charge in [-0.15, -0.1) is 0 Å². The SMILES string of the molecule is COCC1CCN(CC2(CNC(C)C)CCC(C)CC2)C1. The van der Waals surface area contributed by atoms with Crippen molar-refractivity contribution in [1.82, 2.24) is 10.2 Å². The summed E-state index contributed by atoms with van der Waals surface area (Å²) < 4.78 is 5.34. The number of nitrogens with one attached hydrogen (secondary N) is 1. The molecule has 1 saturated heterocycles. The van der Waals surface area contributed by atoms with Crippen LogP contribution in [0.1, 0.15) is 52.9 Å². The topological polar surface area (TPSA) is 24.5 Å². The fourth-order valence-corrected chi connectivity index (χ4v) is 4.09. The fraction of sp³-hybridized carbons (Fsp3) is 1.00. The Balaban J connectivity index is 1.90. The zero-order valence-corrected chi connectivity index (χ0v) is 14.7. The van der Waals surface area contributed by atoms with E-state index in [9.17, 15) is 0 Å². The Hall–Kier alpha value is -0.120. The van der Waals surface area contributed by atoms with Gasteiger partial charge in [-0.2, -0.15) is 0 Å². The van der Waals surface area contributed by atoms with E-state index in [1.807, 2.05) is 7.11 Å². The van der Waals surface area contributed by atoms with Gasteiger partial charge in [0.15, 0.2) is 0 Å². The van der Waals surface area contributed by atoms with E-state index in [0.717, 1.165) is 18.4 Å². The summed E-state index contributed by atoms with van der Waals surface area (Å²) in [4.78, 5) is 2.71. The molecule has 2 rings (SSSR count). The molecule has 2 fully saturated rings. The Labute approximate surface area is 131 Å². The van der Waals surface area contributed by atoms with Crippen molar-refractivity contribution >= 4 is 0 Å². The molecule has 21 heavy (non-hydrogen) atoms. The second kappa shape index (κ2) is 7.94. The first-order valence-corrected chi connectivity index (χ1v) is 8.98. The van der Waals surface area contributed by atoms with Crippen molar-refractivity contribution < 1.29 is 4.74 Å². The molecule has 0 aromatic rings. The van der Waals surface area contributed by atoms with Crippen molar-refractivity contribution in [1.29, 1.82) is 0 Å². The van der Waals surface area contributed by atoms with Crippen LogP contribution in [0.3, 0.4) is 0 Å². The quantitative estimate of drug-likeness (QED) is 0.781. The van der Waals surface area contributed by atoms with Gasteiger partial charge in [-0.05, 0) is 43.1 Å². The molecule has 1 saturated carbocycles. The first-order chi connectivity index (χ1) is 10.0. The predicted molar refractivity (Wildman–Crippen MR) is 89.6 cm³/mol. The van der Waals surface area contributed by atoms with Gasteiger partial charge in [0.05, 0.1) is 6.61 Å². The normalized spacial score (nSPS) is 34.7. The summed E-state index contributed by atoms with van der Waals surface area (Å²) in [5.74, 6) is 1.68. The molecule has 3 heteroatoms. The van der Waals surface area contributed by atoms with E-state index in [1.54, 1.807) is 0 Å². The molecule has 124 valence electrons. The zero-order chi connectivity index (χ0) is 15.3. The molecule has 1 N–H and O–H groups in total. The molecular formula is C18H36N2O. The second-order valence-electron chi connectivity index (χ2n) is 8.06. The molecule has 0 spiro atoms. The maximum atomic E-state index is 5.34.